The molecule has 0 atom stereocenters. The van der Waals surface area contributed by atoms with Gasteiger partial charge in [-0.05, 0) is 18.4 Å². The van der Waals surface area contributed by atoms with Crippen molar-refractivity contribution >= 4 is 11.6 Å². The quantitative estimate of drug-likeness (QED) is 0.782. The molecule has 3 aliphatic rings. The summed E-state index contributed by atoms with van der Waals surface area (Å²) in [5.41, 5.74) is 1.89. The molecule has 0 fully saturated rings. The molecule has 4 nitrogen and oxygen atoms in total. The van der Waals surface area contributed by atoms with E-state index in [-0.39, 0.29) is 17.3 Å². The van der Waals surface area contributed by atoms with Crippen LogP contribution in [0.15, 0.2) is 72.1 Å². The van der Waals surface area contributed by atoms with Crippen molar-refractivity contribution in [3.05, 3.63) is 83.2 Å². The molecule has 0 radical (unpaired) electrons. The molecule has 0 N–H and O–H groups in total. The predicted octanol–water partition coefficient (Wildman–Crippen LogP) is 3.69. The lowest BCUT2D eigenvalue weighted by Crippen LogP contribution is -2.21. The lowest BCUT2D eigenvalue weighted by Gasteiger charge is -2.21. The fourth-order valence-corrected chi connectivity index (χ4v) is 3.02. The van der Waals surface area contributed by atoms with Gasteiger partial charge in [0, 0.05) is 11.1 Å². The Bertz CT molecular complexity index is 789. The van der Waals surface area contributed by atoms with E-state index in [1.165, 1.54) is 12.5 Å². The normalized spacial score (nSPS) is 20.3. The van der Waals surface area contributed by atoms with Gasteiger partial charge in [0.2, 0.25) is 0 Å². The third-order valence-electron chi connectivity index (χ3n) is 4.18. The highest BCUT2D eigenvalue weighted by atomic mass is 16.5. The number of carbonyl (C=O) groups excluding carboxylic acids is 2. The number of carbonyl (C=O) groups is 2. The second-order valence-electron chi connectivity index (χ2n) is 5.61. The second kappa shape index (κ2) is 5.39. The first-order valence-electron chi connectivity index (χ1n) is 7.53. The summed E-state index contributed by atoms with van der Waals surface area (Å²) >= 11 is 0. The van der Waals surface area contributed by atoms with Crippen LogP contribution in [0.2, 0.25) is 0 Å². The predicted molar refractivity (Wildman–Crippen MR) is 83.4 cm³/mol. The van der Waals surface area contributed by atoms with Gasteiger partial charge < -0.3 is 9.47 Å². The van der Waals surface area contributed by atoms with Crippen LogP contribution >= 0.6 is 0 Å². The topological polar surface area (TPSA) is 52.6 Å². The van der Waals surface area contributed by atoms with Crippen LogP contribution < -0.4 is 0 Å². The van der Waals surface area contributed by atoms with Crippen LogP contribution in [0.1, 0.15) is 33.6 Å². The minimum atomic E-state index is -0.948. The van der Waals surface area contributed by atoms with E-state index >= 15 is 0 Å². The Hall–Kier alpha value is -2.88. The lowest BCUT2D eigenvalue weighted by atomic mass is 10.0. The van der Waals surface area contributed by atoms with Crippen LogP contribution in [0, 0.1) is 5.92 Å². The van der Waals surface area contributed by atoms with Crippen molar-refractivity contribution in [1.29, 1.82) is 0 Å². The molecule has 0 unspecified atom stereocenters. The largest absolute Gasteiger partial charge is 0.465 e. The Kier molecular flexibility index (Phi) is 3.23. The van der Waals surface area contributed by atoms with Crippen LogP contribution in [-0.4, -0.2) is 11.6 Å². The van der Waals surface area contributed by atoms with Gasteiger partial charge in [-0.25, -0.2) is 0 Å². The summed E-state index contributed by atoms with van der Waals surface area (Å²) in [5, 5.41) is 0. The molecular formula is C19H14O4. The molecule has 23 heavy (non-hydrogen) atoms. The van der Waals surface area contributed by atoms with Gasteiger partial charge in [0.15, 0.2) is 23.1 Å². The maximum atomic E-state index is 12.5. The van der Waals surface area contributed by atoms with E-state index in [9.17, 15) is 9.59 Å². The fourth-order valence-electron chi connectivity index (χ4n) is 3.02. The van der Waals surface area contributed by atoms with Gasteiger partial charge in [0.25, 0.3) is 0 Å². The number of rotatable bonds is 2. The van der Waals surface area contributed by atoms with E-state index in [0.717, 1.165) is 18.4 Å². The van der Waals surface area contributed by atoms with Crippen molar-refractivity contribution < 1.29 is 19.1 Å². The summed E-state index contributed by atoms with van der Waals surface area (Å²) in [5.74, 6) is -0.609. The van der Waals surface area contributed by atoms with Crippen LogP contribution in [0.5, 0.6) is 0 Å². The van der Waals surface area contributed by atoms with Gasteiger partial charge in [-0.1, -0.05) is 42.5 Å². The highest BCUT2D eigenvalue weighted by Gasteiger charge is 2.43. The minimum Gasteiger partial charge on any atom is -0.465 e. The van der Waals surface area contributed by atoms with Gasteiger partial charge in [-0.2, -0.15) is 0 Å². The summed E-state index contributed by atoms with van der Waals surface area (Å²) in [6, 6.07) is 6.85. The number of fused-ring (bicyclic) bond motifs is 1. The van der Waals surface area contributed by atoms with Crippen molar-refractivity contribution in [2.24, 2.45) is 5.92 Å². The molecule has 4 rings (SSSR count). The maximum absolute atomic E-state index is 12.5. The summed E-state index contributed by atoms with van der Waals surface area (Å²) in [7, 11) is 0. The Balaban J connectivity index is 1.62. The zero-order chi connectivity index (χ0) is 15.8. The van der Waals surface area contributed by atoms with Gasteiger partial charge in [-0.3, -0.25) is 9.59 Å². The monoisotopic (exact) mass is 306 g/mol. The molecule has 0 aromatic heterocycles. The van der Waals surface area contributed by atoms with E-state index < -0.39 is 5.92 Å². The van der Waals surface area contributed by atoms with E-state index in [1.807, 2.05) is 12.2 Å². The Labute approximate surface area is 133 Å². The number of hydrogen-bond acceptors (Lipinski definition) is 4. The zero-order valence-corrected chi connectivity index (χ0v) is 12.3. The molecule has 114 valence electrons. The summed E-state index contributed by atoms with van der Waals surface area (Å²) in [4.78, 5) is 25.1. The Morgan fingerprint density at radius 3 is 2.39 bits per heavy atom. The molecule has 2 aliphatic carbocycles. The first-order chi connectivity index (χ1) is 11.3. The molecule has 0 saturated carbocycles. The zero-order valence-electron chi connectivity index (χ0n) is 12.3. The molecule has 0 amide bonds. The molecule has 4 heteroatoms. The van der Waals surface area contributed by atoms with E-state index in [2.05, 4.69) is 6.08 Å². The molecule has 1 aromatic rings. The molecule has 1 heterocycles. The maximum Gasteiger partial charge on any atom is 0.182 e. The van der Waals surface area contributed by atoms with Gasteiger partial charge in [-0.15, -0.1) is 0 Å². The van der Waals surface area contributed by atoms with Crippen LogP contribution in [0.3, 0.4) is 0 Å². The third kappa shape index (κ3) is 2.23. The van der Waals surface area contributed by atoms with Crippen molar-refractivity contribution in [3.8, 4) is 0 Å². The van der Waals surface area contributed by atoms with Gasteiger partial charge >= 0.3 is 0 Å². The first kappa shape index (κ1) is 13.8. The van der Waals surface area contributed by atoms with E-state index in [1.54, 1.807) is 24.3 Å². The molecule has 1 aliphatic heterocycles. The van der Waals surface area contributed by atoms with Crippen LogP contribution in [0.25, 0.3) is 0 Å². The molecule has 0 spiro atoms. The van der Waals surface area contributed by atoms with Gasteiger partial charge in [0.1, 0.15) is 18.4 Å². The highest BCUT2D eigenvalue weighted by molar-refractivity contribution is 6.27. The molecular weight excluding hydrogens is 292 g/mol. The minimum absolute atomic E-state index is 0.237. The average Bonchev–Trinajstić information content (AvgIpc) is 2.87. The average molecular weight is 306 g/mol. The standard InChI is InChI=1S/C19H14O4/c20-18-13-8-4-5-9-14(13)19(21)17(18)16-11-22-10-15(23-16)12-6-2-1-3-7-12/h1-2,4-6,8-11,17H,3,7H2. The smallest absolute Gasteiger partial charge is 0.182 e. The van der Waals surface area contributed by atoms with E-state index in [4.69, 9.17) is 9.47 Å². The summed E-state index contributed by atoms with van der Waals surface area (Å²) in [6.45, 7) is 0. The lowest BCUT2D eigenvalue weighted by molar-refractivity contribution is 0.0801. The Morgan fingerprint density at radius 1 is 1.00 bits per heavy atom. The number of benzene rings is 1. The summed E-state index contributed by atoms with van der Waals surface area (Å²) < 4.78 is 11.2. The van der Waals surface area contributed by atoms with Gasteiger partial charge in [0.05, 0.1) is 0 Å². The van der Waals surface area contributed by atoms with Crippen molar-refractivity contribution in [3.63, 3.8) is 0 Å². The van der Waals surface area contributed by atoms with Crippen LogP contribution in [0.4, 0.5) is 0 Å². The van der Waals surface area contributed by atoms with Crippen molar-refractivity contribution in [2.45, 2.75) is 12.8 Å². The molecule has 1 aromatic carbocycles. The highest BCUT2D eigenvalue weighted by Crippen LogP contribution is 2.36. The number of Topliss-reactive ketones (excluding diaryl/α,β-unsaturated/α-hetero) is 2. The molecule has 0 bridgehead atoms. The number of allylic oxidation sites excluding steroid dienone is 5. The van der Waals surface area contributed by atoms with Crippen molar-refractivity contribution in [2.75, 3.05) is 0 Å². The van der Waals surface area contributed by atoms with Crippen LogP contribution in [-0.2, 0) is 9.47 Å². The summed E-state index contributed by atoms with van der Waals surface area (Å²) in [6.07, 6.45) is 10.6. The number of hydrogen-bond donors (Lipinski definition) is 0. The SMILES string of the molecule is O=C1c2ccccc2C(=O)C1C1=COC=C(C2=CC=CCC2)O1. The fraction of sp³-hybridized carbons (Fsp3) is 0.158. The van der Waals surface area contributed by atoms with E-state index in [0.29, 0.717) is 16.9 Å². The number of ketones is 2. The first-order valence-corrected chi connectivity index (χ1v) is 7.53. The molecule has 0 saturated heterocycles. The number of ether oxygens (including phenoxy) is 2. The Morgan fingerprint density at radius 2 is 1.74 bits per heavy atom. The van der Waals surface area contributed by atoms with Crippen molar-refractivity contribution in [1.82, 2.24) is 0 Å². The third-order valence-corrected chi connectivity index (χ3v) is 4.18. The second-order valence-corrected chi connectivity index (χ2v) is 5.61.